The lowest BCUT2D eigenvalue weighted by Gasteiger charge is -2.48. The van der Waals surface area contributed by atoms with Crippen molar-refractivity contribution in [3.05, 3.63) is 41.6 Å². The molecular weight excluding hydrogens is 886 g/mol. The zero-order valence-corrected chi connectivity index (χ0v) is 38.8. The van der Waals surface area contributed by atoms with Gasteiger partial charge in [0.15, 0.2) is 11.4 Å². The number of rotatable bonds is 8. The summed E-state index contributed by atoms with van der Waals surface area (Å²) in [5.41, 5.74) is -5.07. The van der Waals surface area contributed by atoms with Crippen LogP contribution < -0.4 is 24.8 Å². The van der Waals surface area contributed by atoms with Crippen LogP contribution in [0, 0.1) is 5.92 Å². The van der Waals surface area contributed by atoms with Crippen LogP contribution in [0.4, 0.5) is 18.0 Å². The fourth-order valence-corrected chi connectivity index (χ4v) is 11.0. The number of amides is 4. The quantitative estimate of drug-likeness (QED) is 0.290. The minimum Gasteiger partial charge on any atom is -0.492 e. The molecule has 5 atom stereocenters. The third-order valence-corrected chi connectivity index (χ3v) is 16.1. The second-order valence-electron chi connectivity index (χ2n) is 20.0. The summed E-state index contributed by atoms with van der Waals surface area (Å²) >= 11 is 0. The molecule has 6 aliphatic rings. The van der Waals surface area contributed by atoms with Crippen molar-refractivity contribution in [2.45, 2.75) is 144 Å². The number of sulfonamides is 1. The molecule has 2 saturated carbocycles. The second kappa shape index (κ2) is 18.1. The van der Waals surface area contributed by atoms with E-state index in [1.165, 1.54) is 11.0 Å². The molecule has 20 heteroatoms. The Morgan fingerprint density at radius 2 is 1.79 bits per heavy atom. The van der Waals surface area contributed by atoms with Gasteiger partial charge >= 0.3 is 12.3 Å². The van der Waals surface area contributed by atoms with E-state index >= 15 is 13.2 Å². The number of nitrogens with zero attached hydrogens (tertiary/aromatic N) is 3. The predicted octanol–water partition coefficient (Wildman–Crippen LogP) is 5.31. The number of allylic oxidation sites excluding steroid dienone is 1. The van der Waals surface area contributed by atoms with Gasteiger partial charge in [0.05, 0.1) is 30.0 Å². The zero-order valence-electron chi connectivity index (χ0n) is 38.0. The van der Waals surface area contributed by atoms with Gasteiger partial charge in [-0.05, 0) is 104 Å². The number of carbonyl (C=O) groups is 4. The summed E-state index contributed by atoms with van der Waals surface area (Å²) in [6, 6.07) is 2.11. The third kappa shape index (κ3) is 9.96. The number of aryl methyl sites for hydroxylation is 1. The summed E-state index contributed by atoms with van der Waals surface area (Å²) in [5.74, 6) is -3.04. The van der Waals surface area contributed by atoms with Crippen LogP contribution in [-0.2, 0) is 46.5 Å². The predicted molar refractivity (Wildman–Crippen MR) is 235 cm³/mol. The van der Waals surface area contributed by atoms with Crippen molar-refractivity contribution in [3.63, 3.8) is 0 Å². The number of benzene rings is 1. The van der Waals surface area contributed by atoms with Gasteiger partial charge in [-0.3, -0.25) is 24.0 Å². The monoisotopic (exact) mass is 946 g/mol. The average Bonchev–Trinajstić information content (AvgIpc) is 3.91. The molecule has 5 unspecified atom stereocenters. The summed E-state index contributed by atoms with van der Waals surface area (Å²) in [6.07, 6.45) is 1.68. The van der Waals surface area contributed by atoms with Crippen LogP contribution in [0.2, 0.25) is 0 Å². The minimum absolute atomic E-state index is 0.0560. The molecule has 8 rings (SSSR count). The van der Waals surface area contributed by atoms with E-state index in [0.717, 1.165) is 13.1 Å². The molecule has 5 heterocycles. The van der Waals surface area contributed by atoms with Gasteiger partial charge in [0.25, 0.3) is 5.91 Å². The smallest absolute Gasteiger partial charge is 0.437 e. The first-order chi connectivity index (χ1) is 31.1. The Morgan fingerprint density at radius 3 is 2.47 bits per heavy atom. The zero-order chi connectivity index (χ0) is 47.3. The Balaban J connectivity index is 1.14. The highest BCUT2D eigenvalue weighted by Crippen LogP contribution is 2.50. The van der Waals surface area contributed by atoms with Gasteiger partial charge in [-0.15, -0.1) is 0 Å². The Labute approximate surface area is 383 Å². The van der Waals surface area contributed by atoms with Crippen LogP contribution >= 0.6 is 0 Å². The number of ether oxygens (including phenoxy) is 4. The van der Waals surface area contributed by atoms with Crippen LogP contribution in [0.3, 0.4) is 0 Å². The number of morpholine rings is 1. The SMILES string of the molecule is CC(C)(C)OC(=O)NC1CCCCCC=CC2CCC2(C(=O)NS(=O)(=O)C2(C)CC2)NC(=O)C2CC3(CCc4c(c(C(F)(F)F)nc5ccc(OCCN6CCOCC6)cc45)O3)CN2C1=O. The van der Waals surface area contributed by atoms with Crippen LogP contribution in [0.25, 0.3) is 10.9 Å². The van der Waals surface area contributed by atoms with Crippen molar-refractivity contribution in [1.82, 2.24) is 30.1 Å². The molecule has 1 spiro atoms. The number of fused-ring (bicyclic) bond motifs is 5. The average molecular weight is 947 g/mol. The van der Waals surface area contributed by atoms with Gasteiger partial charge in [-0.25, -0.2) is 18.2 Å². The van der Waals surface area contributed by atoms with Crippen LogP contribution in [0.1, 0.15) is 110 Å². The maximum absolute atomic E-state index is 15.0. The number of halogens is 3. The molecule has 0 radical (unpaired) electrons. The summed E-state index contributed by atoms with van der Waals surface area (Å²) in [6.45, 7) is 9.97. The first-order valence-electron chi connectivity index (χ1n) is 23.1. The number of aromatic nitrogens is 1. The lowest BCUT2D eigenvalue weighted by Crippen LogP contribution is -2.70. The van der Waals surface area contributed by atoms with E-state index in [1.54, 1.807) is 39.8 Å². The molecule has 3 N–H and O–H groups in total. The molecule has 2 saturated heterocycles. The van der Waals surface area contributed by atoms with E-state index < -0.39 is 90.9 Å². The topological polar surface area (TPSA) is 195 Å². The van der Waals surface area contributed by atoms with E-state index in [2.05, 4.69) is 25.2 Å². The van der Waals surface area contributed by atoms with E-state index in [4.69, 9.17) is 18.9 Å². The largest absolute Gasteiger partial charge is 0.492 e. The number of alkyl halides is 3. The highest BCUT2D eigenvalue weighted by Gasteiger charge is 2.60. The molecule has 1 aromatic heterocycles. The Morgan fingerprint density at radius 1 is 1.03 bits per heavy atom. The van der Waals surface area contributed by atoms with Crippen molar-refractivity contribution >= 4 is 44.7 Å². The highest BCUT2D eigenvalue weighted by atomic mass is 32.2. The number of carbonyl (C=O) groups excluding carboxylic acids is 4. The molecule has 0 bridgehead atoms. The van der Waals surface area contributed by atoms with Gasteiger partial charge in [0.1, 0.15) is 41.2 Å². The molecule has 16 nitrogen and oxygen atoms in total. The van der Waals surface area contributed by atoms with Crippen molar-refractivity contribution in [2.75, 3.05) is 46.0 Å². The molecule has 362 valence electrons. The maximum Gasteiger partial charge on any atom is 0.437 e. The lowest BCUT2D eigenvalue weighted by molar-refractivity contribution is -0.145. The van der Waals surface area contributed by atoms with Gasteiger partial charge < -0.3 is 34.5 Å². The number of alkyl carbamates (subject to hydrolysis) is 1. The Hall–Kier alpha value is -4.69. The first-order valence-corrected chi connectivity index (χ1v) is 24.6. The summed E-state index contributed by atoms with van der Waals surface area (Å²) in [7, 11) is -4.12. The van der Waals surface area contributed by atoms with Crippen LogP contribution in [-0.4, -0.2) is 127 Å². The summed E-state index contributed by atoms with van der Waals surface area (Å²) in [5, 5.41) is 5.97. The van der Waals surface area contributed by atoms with Crippen molar-refractivity contribution < 1.29 is 59.7 Å². The number of hydrogen-bond donors (Lipinski definition) is 3. The first kappa shape index (κ1) is 47.8. The standard InChI is InChI=1S/C46H61F3N6O10S/c1-42(2,3)65-41(59)51-34-11-9-7-5-6-8-10-29-14-17-45(29,40(58)53-66(60,61)43(4)18-19-43)52-38(56)35-27-44(28-55(35)39(34)57)16-15-31-32-26-30(63-25-22-54-20-23-62-24-21-54)12-13-33(32)50-37(36(31)64-44)46(47,48)49/h8,10,12-13,26,29,34-35H,5-7,9,11,14-25,27-28H2,1-4H3,(H,51,59)(H,52,56)(H,53,58). The molecule has 66 heavy (non-hydrogen) atoms. The molecule has 1 aromatic carbocycles. The molecular formula is C46H61F3N6O10S. The molecule has 4 amide bonds. The molecule has 2 aliphatic carbocycles. The highest BCUT2D eigenvalue weighted by molar-refractivity contribution is 7.91. The normalized spacial score (nSPS) is 28.3. The van der Waals surface area contributed by atoms with Crippen LogP contribution in [0.15, 0.2) is 30.4 Å². The van der Waals surface area contributed by atoms with Gasteiger partial charge in [-0.1, -0.05) is 25.0 Å². The van der Waals surface area contributed by atoms with E-state index in [-0.39, 0.29) is 49.7 Å². The Bertz CT molecular complexity index is 2370. The number of pyridine rings is 1. The van der Waals surface area contributed by atoms with Crippen molar-refractivity contribution in [1.29, 1.82) is 0 Å². The second-order valence-corrected chi connectivity index (χ2v) is 22.2. The summed E-state index contributed by atoms with van der Waals surface area (Å²) in [4.78, 5) is 64.8. The van der Waals surface area contributed by atoms with E-state index in [0.29, 0.717) is 82.4 Å². The molecule has 2 aromatic rings. The number of hydrogen-bond acceptors (Lipinski definition) is 12. The summed E-state index contributed by atoms with van der Waals surface area (Å²) < 4.78 is 96.5. The van der Waals surface area contributed by atoms with Crippen molar-refractivity contribution in [3.8, 4) is 11.5 Å². The van der Waals surface area contributed by atoms with E-state index in [9.17, 15) is 27.6 Å². The fraction of sp³-hybridized carbons (Fsp3) is 0.674. The van der Waals surface area contributed by atoms with Gasteiger partial charge in [-0.2, -0.15) is 13.2 Å². The molecule has 4 aliphatic heterocycles. The minimum atomic E-state index is -4.95. The van der Waals surface area contributed by atoms with E-state index in [1.807, 2.05) is 12.2 Å². The van der Waals surface area contributed by atoms with Gasteiger partial charge in [0, 0.05) is 42.9 Å². The van der Waals surface area contributed by atoms with Gasteiger partial charge in [0.2, 0.25) is 21.8 Å². The lowest BCUT2D eigenvalue weighted by atomic mass is 9.65. The van der Waals surface area contributed by atoms with Crippen LogP contribution in [0.5, 0.6) is 11.5 Å². The fourth-order valence-electron chi connectivity index (χ4n) is 9.73. The molecule has 4 fully saturated rings. The third-order valence-electron chi connectivity index (χ3n) is 14.0. The Kier molecular flexibility index (Phi) is 13.1. The van der Waals surface area contributed by atoms with Crippen molar-refractivity contribution in [2.24, 2.45) is 5.92 Å². The maximum atomic E-state index is 15.0. The number of nitrogens with one attached hydrogen (secondary N) is 3.